The zero-order valence-corrected chi connectivity index (χ0v) is 11.5. The van der Waals surface area contributed by atoms with E-state index in [1.165, 1.54) is 24.3 Å². The Morgan fingerprint density at radius 2 is 2.05 bits per heavy atom. The van der Waals surface area contributed by atoms with Gasteiger partial charge < -0.3 is 5.32 Å². The maximum Gasteiger partial charge on any atom is 0.269 e. The lowest BCUT2D eigenvalue weighted by molar-refractivity contribution is -0.384. The lowest BCUT2D eigenvalue weighted by Crippen LogP contribution is -2.46. The van der Waals surface area contributed by atoms with Crippen molar-refractivity contribution < 1.29 is 13.3 Å². The summed E-state index contributed by atoms with van der Waals surface area (Å²) < 4.78 is 27.4. The molecule has 2 N–H and O–H groups in total. The molecule has 0 bridgehead atoms. The largest absolute Gasteiger partial charge is 0.312 e. The van der Waals surface area contributed by atoms with E-state index >= 15 is 0 Å². The molecule has 1 aliphatic heterocycles. The summed E-state index contributed by atoms with van der Waals surface area (Å²) >= 11 is 0. The van der Waals surface area contributed by atoms with E-state index in [4.69, 9.17) is 0 Å². The van der Waals surface area contributed by atoms with Crippen molar-refractivity contribution in [3.05, 3.63) is 34.4 Å². The molecule has 1 aromatic carbocycles. The zero-order chi connectivity index (χ0) is 14.4. The average Bonchev–Trinajstić information content (AvgIpc) is 3.11. The predicted molar refractivity (Wildman–Crippen MR) is 71.8 cm³/mol. The Labute approximate surface area is 116 Å². The predicted octanol–water partition coefficient (Wildman–Crippen LogP) is 0.768. The standard InChI is InChI=1S/C12H15N3O4S/c16-15(17)9-2-4-10(5-3-9)20(18,19)14-12-6-1-7-13-11(12)8-12/h2-5,11,13-14H,1,6-8H2/t11-,12-/m1/s1. The van der Waals surface area contributed by atoms with Gasteiger partial charge in [-0.25, -0.2) is 13.1 Å². The number of nitro benzene ring substituents is 1. The highest BCUT2D eigenvalue weighted by atomic mass is 32.2. The molecule has 0 unspecified atom stereocenters. The summed E-state index contributed by atoms with van der Waals surface area (Å²) in [6, 6.07) is 5.16. The number of nitrogens with one attached hydrogen (secondary N) is 2. The number of nitrogens with zero attached hydrogens (tertiary/aromatic N) is 1. The normalized spacial score (nSPS) is 28.7. The quantitative estimate of drug-likeness (QED) is 0.631. The van der Waals surface area contributed by atoms with Crippen molar-refractivity contribution in [2.45, 2.75) is 35.7 Å². The molecule has 2 aliphatic rings. The van der Waals surface area contributed by atoms with Gasteiger partial charge in [0, 0.05) is 18.2 Å². The monoisotopic (exact) mass is 297 g/mol. The Balaban J connectivity index is 1.80. The van der Waals surface area contributed by atoms with Gasteiger partial charge >= 0.3 is 0 Å². The average molecular weight is 297 g/mol. The first kappa shape index (κ1) is 13.5. The highest BCUT2D eigenvalue weighted by Crippen LogP contribution is 2.43. The Kier molecular flexibility index (Phi) is 3.03. The molecule has 0 aromatic heterocycles. The molecule has 2 fully saturated rings. The maximum absolute atomic E-state index is 12.3. The second kappa shape index (κ2) is 4.51. The molecule has 0 amide bonds. The highest BCUT2D eigenvalue weighted by molar-refractivity contribution is 7.89. The van der Waals surface area contributed by atoms with E-state index in [2.05, 4.69) is 10.0 Å². The van der Waals surface area contributed by atoms with Gasteiger partial charge in [0.2, 0.25) is 10.0 Å². The second-order valence-corrected chi connectivity index (χ2v) is 7.01. The van der Waals surface area contributed by atoms with Gasteiger partial charge in [0.05, 0.1) is 15.4 Å². The minimum Gasteiger partial charge on any atom is -0.312 e. The van der Waals surface area contributed by atoms with Crippen molar-refractivity contribution in [3.8, 4) is 0 Å². The van der Waals surface area contributed by atoms with Crippen LogP contribution in [0.5, 0.6) is 0 Å². The van der Waals surface area contributed by atoms with Crippen LogP contribution >= 0.6 is 0 Å². The third-order valence-electron chi connectivity index (χ3n) is 3.96. The van der Waals surface area contributed by atoms with Crippen LogP contribution in [-0.4, -0.2) is 31.5 Å². The molecule has 0 spiro atoms. The van der Waals surface area contributed by atoms with Crippen LogP contribution in [0.25, 0.3) is 0 Å². The summed E-state index contributed by atoms with van der Waals surface area (Å²) in [5.74, 6) is 0. The number of fused-ring (bicyclic) bond motifs is 1. The van der Waals surface area contributed by atoms with Crippen molar-refractivity contribution in [1.82, 2.24) is 10.0 Å². The number of sulfonamides is 1. The fraction of sp³-hybridized carbons (Fsp3) is 0.500. The first-order valence-electron chi connectivity index (χ1n) is 6.45. The number of non-ortho nitro benzene ring substituents is 1. The molecule has 1 saturated heterocycles. The molecular formula is C12H15N3O4S. The van der Waals surface area contributed by atoms with Crippen molar-refractivity contribution >= 4 is 15.7 Å². The van der Waals surface area contributed by atoms with E-state index in [1.54, 1.807) is 0 Å². The summed E-state index contributed by atoms with van der Waals surface area (Å²) in [5, 5.41) is 13.8. The van der Waals surface area contributed by atoms with E-state index in [0.29, 0.717) is 0 Å². The van der Waals surface area contributed by atoms with Crippen LogP contribution in [0, 0.1) is 10.1 Å². The highest BCUT2D eigenvalue weighted by Gasteiger charge is 2.57. The van der Waals surface area contributed by atoms with Crippen LogP contribution < -0.4 is 10.0 Å². The summed E-state index contributed by atoms with van der Waals surface area (Å²) in [6.07, 6.45) is 2.58. The van der Waals surface area contributed by atoms with Gasteiger partial charge in [0.25, 0.3) is 5.69 Å². The topological polar surface area (TPSA) is 101 Å². The van der Waals surface area contributed by atoms with Crippen molar-refractivity contribution in [2.75, 3.05) is 6.54 Å². The molecule has 1 heterocycles. The molecule has 20 heavy (non-hydrogen) atoms. The smallest absolute Gasteiger partial charge is 0.269 e. The SMILES string of the molecule is O=[N+]([O-])c1ccc(S(=O)(=O)N[C@@]23CCCN[C@@H]2C3)cc1. The third-order valence-corrected chi connectivity index (χ3v) is 5.53. The maximum atomic E-state index is 12.3. The molecule has 1 aromatic rings. The Hall–Kier alpha value is -1.51. The lowest BCUT2D eigenvalue weighted by atomic mass is 10.1. The number of benzene rings is 1. The van der Waals surface area contributed by atoms with Crippen LogP contribution in [0.1, 0.15) is 19.3 Å². The minimum absolute atomic E-state index is 0.0636. The zero-order valence-electron chi connectivity index (χ0n) is 10.7. The number of nitro groups is 1. The van der Waals surface area contributed by atoms with Gasteiger partial charge in [-0.2, -0.15) is 0 Å². The van der Waals surface area contributed by atoms with Crippen LogP contribution in [0.4, 0.5) is 5.69 Å². The summed E-state index contributed by atoms with van der Waals surface area (Å²) in [5.41, 5.74) is -0.482. The molecule has 1 aliphatic carbocycles. The van der Waals surface area contributed by atoms with Gasteiger partial charge in [-0.1, -0.05) is 0 Å². The van der Waals surface area contributed by atoms with Crippen molar-refractivity contribution in [3.63, 3.8) is 0 Å². The van der Waals surface area contributed by atoms with E-state index in [1.807, 2.05) is 0 Å². The molecule has 7 nitrogen and oxygen atoms in total. The van der Waals surface area contributed by atoms with E-state index in [-0.39, 0.29) is 22.2 Å². The summed E-state index contributed by atoms with van der Waals surface area (Å²) in [4.78, 5) is 10.1. The van der Waals surface area contributed by atoms with Crippen LogP contribution in [0.3, 0.4) is 0 Å². The minimum atomic E-state index is -3.63. The molecule has 8 heteroatoms. The van der Waals surface area contributed by atoms with Gasteiger partial charge in [-0.15, -0.1) is 0 Å². The molecule has 0 radical (unpaired) electrons. The molecule has 108 valence electrons. The van der Waals surface area contributed by atoms with Gasteiger partial charge in [0.1, 0.15) is 0 Å². The molecule has 3 rings (SSSR count). The lowest BCUT2D eigenvalue weighted by Gasteiger charge is -2.23. The summed E-state index contributed by atoms with van der Waals surface area (Å²) in [7, 11) is -3.63. The number of hydrogen-bond donors (Lipinski definition) is 2. The van der Waals surface area contributed by atoms with Crippen LogP contribution in [-0.2, 0) is 10.0 Å². The fourth-order valence-corrected chi connectivity index (χ4v) is 4.24. The van der Waals surface area contributed by atoms with Crippen molar-refractivity contribution in [1.29, 1.82) is 0 Å². The Morgan fingerprint density at radius 3 is 2.65 bits per heavy atom. The van der Waals surface area contributed by atoms with E-state index < -0.39 is 14.9 Å². The fourth-order valence-electron chi connectivity index (χ4n) is 2.77. The molecular weight excluding hydrogens is 282 g/mol. The summed E-state index contributed by atoms with van der Waals surface area (Å²) in [6.45, 7) is 0.922. The second-order valence-electron chi connectivity index (χ2n) is 5.33. The van der Waals surface area contributed by atoms with Gasteiger partial charge in [-0.05, 0) is 37.9 Å². The van der Waals surface area contributed by atoms with E-state index in [9.17, 15) is 18.5 Å². The molecule has 1 saturated carbocycles. The third kappa shape index (κ3) is 2.30. The number of rotatable bonds is 4. The van der Waals surface area contributed by atoms with E-state index in [0.717, 1.165) is 25.8 Å². The van der Waals surface area contributed by atoms with Crippen LogP contribution in [0.2, 0.25) is 0 Å². The van der Waals surface area contributed by atoms with Gasteiger partial charge in [0.15, 0.2) is 0 Å². The van der Waals surface area contributed by atoms with Gasteiger partial charge in [-0.3, -0.25) is 10.1 Å². The first-order valence-corrected chi connectivity index (χ1v) is 7.93. The first-order chi connectivity index (χ1) is 9.43. The van der Waals surface area contributed by atoms with Crippen molar-refractivity contribution in [2.24, 2.45) is 0 Å². The van der Waals surface area contributed by atoms with Crippen LogP contribution in [0.15, 0.2) is 29.2 Å². The molecule has 2 atom stereocenters. The Bertz CT molecular complexity index is 643. The number of hydrogen-bond acceptors (Lipinski definition) is 5. The Morgan fingerprint density at radius 1 is 1.35 bits per heavy atom. The number of piperidine rings is 1.